The summed E-state index contributed by atoms with van der Waals surface area (Å²) in [5.74, 6) is 1.22. The highest BCUT2D eigenvalue weighted by Crippen LogP contribution is 2.26. The number of hydrogen-bond acceptors (Lipinski definition) is 5. The van der Waals surface area contributed by atoms with Crippen molar-refractivity contribution >= 4 is 23.2 Å². The van der Waals surface area contributed by atoms with Crippen molar-refractivity contribution in [1.82, 2.24) is 15.0 Å². The van der Waals surface area contributed by atoms with E-state index < -0.39 is 0 Å². The predicted octanol–water partition coefficient (Wildman–Crippen LogP) is 4.86. The third kappa shape index (κ3) is 4.89. The lowest BCUT2D eigenvalue weighted by atomic mass is 9.95. The maximum Gasteiger partial charge on any atom is 0.257 e. The van der Waals surface area contributed by atoms with Crippen molar-refractivity contribution in [2.75, 3.05) is 18.4 Å². The number of rotatable bonds is 5. The normalized spacial score (nSPS) is 15.3. The molecule has 1 N–H and O–H groups in total. The van der Waals surface area contributed by atoms with Crippen LogP contribution in [-0.2, 0) is 11.3 Å². The van der Waals surface area contributed by atoms with E-state index in [4.69, 9.17) is 16.1 Å². The lowest BCUT2D eigenvalue weighted by Crippen LogP contribution is -2.38. The van der Waals surface area contributed by atoms with Crippen molar-refractivity contribution in [2.45, 2.75) is 33.2 Å². The monoisotopic (exact) mass is 424 g/mol. The number of likely N-dealkylation sites (tertiary alicyclic amines) is 1. The van der Waals surface area contributed by atoms with Crippen LogP contribution in [-0.4, -0.2) is 34.0 Å². The van der Waals surface area contributed by atoms with Gasteiger partial charge in [-0.3, -0.25) is 9.69 Å². The highest BCUT2D eigenvalue weighted by Gasteiger charge is 2.26. The molecule has 1 aliphatic heterocycles. The average molecular weight is 425 g/mol. The molecule has 0 unspecified atom stereocenters. The van der Waals surface area contributed by atoms with Crippen molar-refractivity contribution < 1.29 is 9.32 Å². The van der Waals surface area contributed by atoms with E-state index in [2.05, 4.69) is 20.4 Å². The molecule has 30 heavy (non-hydrogen) atoms. The van der Waals surface area contributed by atoms with Crippen molar-refractivity contribution in [1.29, 1.82) is 0 Å². The van der Waals surface area contributed by atoms with E-state index in [1.54, 1.807) is 0 Å². The van der Waals surface area contributed by atoms with Crippen LogP contribution in [0.5, 0.6) is 0 Å². The number of hydrogen-bond donors (Lipinski definition) is 1. The molecule has 3 aromatic rings. The molecule has 1 aromatic heterocycles. The fourth-order valence-corrected chi connectivity index (χ4v) is 4.01. The van der Waals surface area contributed by atoms with Crippen LogP contribution >= 0.6 is 11.6 Å². The van der Waals surface area contributed by atoms with Crippen LogP contribution in [0, 0.1) is 19.8 Å². The third-order valence-electron chi connectivity index (χ3n) is 5.44. The molecule has 6 nitrogen and oxygen atoms in total. The second-order valence-corrected chi connectivity index (χ2v) is 8.32. The maximum absolute atomic E-state index is 12.6. The fourth-order valence-electron chi connectivity index (χ4n) is 3.72. The van der Waals surface area contributed by atoms with Crippen LogP contribution in [0.15, 0.2) is 47.0 Å². The number of piperidine rings is 1. The smallest absolute Gasteiger partial charge is 0.257 e. The number of aryl methyl sites for hydroxylation is 2. The van der Waals surface area contributed by atoms with Gasteiger partial charge in [-0.1, -0.05) is 40.5 Å². The molecule has 4 rings (SSSR count). The number of nitrogens with one attached hydrogen (secondary N) is 1. The second-order valence-electron chi connectivity index (χ2n) is 7.91. The molecule has 1 fully saturated rings. The lowest BCUT2D eigenvalue weighted by molar-refractivity contribution is -0.121. The van der Waals surface area contributed by atoms with E-state index in [-0.39, 0.29) is 11.8 Å². The molecule has 156 valence electrons. The van der Waals surface area contributed by atoms with Crippen LogP contribution in [0.25, 0.3) is 11.5 Å². The summed E-state index contributed by atoms with van der Waals surface area (Å²) in [6, 6.07) is 13.7. The first-order valence-corrected chi connectivity index (χ1v) is 10.5. The fraction of sp³-hybridized carbons (Fsp3) is 0.348. The Labute approximate surface area is 181 Å². The molecule has 7 heteroatoms. The first kappa shape index (κ1) is 20.6. The summed E-state index contributed by atoms with van der Waals surface area (Å²) in [4.78, 5) is 19.4. The van der Waals surface area contributed by atoms with Gasteiger partial charge in [0.05, 0.1) is 17.3 Å². The first-order valence-electron chi connectivity index (χ1n) is 10.2. The third-order valence-corrected chi connectivity index (χ3v) is 5.75. The van der Waals surface area contributed by atoms with Crippen molar-refractivity contribution in [3.05, 3.63) is 64.4 Å². The molecule has 0 bridgehead atoms. The zero-order chi connectivity index (χ0) is 21.1. The van der Waals surface area contributed by atoms with E-state index in [9.17, 15) is 4.79 Å². The van der Waals surface area contributed by atoms with Gasteiger partial charge in [0.25, 0.3) is 5.89 Å². The Bertz CT molecular complexity index is 1040. The van der Waals surface area contributed by atoms with Crippen LogP contribution in [0.4, 0.5) is 5.69 Å². The number of anilines is 1. The Morgan fingerprint density at radius 3 is 2.67 bits per heavy atom. The number of amides is 1. The standard InChI is InChI=1S/C23H25ClN4O2/c1-15-4-3-5-18(12-15)23-26-21(27-30-23)14-28-10-8-17(9-11-28)22(29)25-20-7-6-16(2)13-19(20)24/h3-7,12-13,17H,8-11,14H2,1-2H3,(H,25,29). The van der Waals surface area contributed by atoms with E-state index >= 15 is 0 Å². The van der Waals surface area contributed by atoms with Crippen LogP contribution in [0.1, 0.15) is 29.8 Å². The molecular formula is C23H25ClN4O2. The Kier molecular flexibility index (Phi) is 6.16. The Morgan fingerprint density at radius 1 is 1.17 bits per heavy atom. The Balaban J connectivity index is 1.30. The van der Waals surface area contributed by atoms with Crippen molar-refractivity contribution in [3.63, 3.8) is 0 Å². The van der Waals surface area contributed by atoms with Gasteiger partial charge in [0, 0.05) is 11.5 Å². The molecule has 2 heterocycles. The molecule has 1 amide bonds. The summed E-state index contributed by atoms with van der Waals surface area (Å²) < 4.78 is 5.43. The number of nitrogens with zero attached hydrogens (tertiary/aromatic N) is 3. The minimum absolute atomic E-state index is 0.0215. The average Bonchev–Trinajstić information content (AvgIpc) is 3.19. The zero-order valence-electron chi connectivity index (χ0n) is 17.2. The van der Waals surface area contributed by atoms with Gasteiger partial charge in [-0.05, 0) is 69.6 Å². The minimum Gasteiger partial charge on any atom is -0.334 e. The summed E-state index contributed by atoms with van der Waals surface area (Å²) in [7, 11) is 0. The van der Waals surface area contributed by atoms with E-state index in [0.717, 1.165) is 42.6 Å². The topological polar surface area (TPSA) is 71.3 Å². The number of benzene rings is 2. The van der Waals surface area contributed by atoms with E-state index in [0.29, 0.717) is 29.0 Å². The lowest BCUT2D eigenvalue weighted by Gasteiger charge is -2.30. The van der Waals surface area contributed by atoms with Crippen LogP contribution < -0.4 is 5.32 Å². The summed E-state index contributed by atoms with van der Waals surface area (Å²) in [5.41, 5.74) is 3.82. The molecule has 1 saturated heterocycles. The summed E-state index contributed by atoms with van der Waals surface area (Å²) in [6.07, 6.45) is 1.58. The molecule has 1 aliphatic rings. The number of aromatic nitrogens is 2. The van der Waals surface area contributed by atoms with Gasteiger partial charge in [-0.15, -0.1) is 0 Å². The SMILES string of the molecule is Cc1cccc(-c2nc(CN3CCC(C(=O)Nc4ccc(C)cc4Cl)CC3)no2)c1. The highest BCUT2D eigenvalue weighted by atomic mass is 35.5. The molecule has 0 saturated carbocycles. The predicted molar refractivity (Wildman–Crippen MR) is 117 cm³/mol. The molecule has 0 atom stereocenters. The van der Waals surface area contributed by atoms with Crippen molar-refractivity contribution in [3.8, 4) is 11.5 Å². The van der Waals surface area contributed by atoms with E-state index in [1.165, 1.54) is 0 Å². The van der Waals surface area contributed by atoms with E-state index in [1.807, 2.05) is 56.3 Å². The van der Waals surface area contributed by atoms with Gasteiger partial charge in [-0.25, -0.2) is 0 Å². The molecular weight excluding hydrogens is 400 g/mol. The number of carbonyl (C=O) groups excluding carboxylic acids is 1. The maximum atomic E-state index is 12.6. The van der Waals surface area contributed by atoms with Gasteiger partial charge in [0.2, 0.25) is 5.91 Å². The summed E-state index contributed by atoms with van der Waals surface area (Å²) >= 11 is 6.24. The van der Waals surface area contributed by atoms with Crippen molar-refractivity contribution in [2.24, 2.45) is 5.92 Å². The highest BCUT2D eigenvalue weighted by molar-refractivity contribution is 6.33. The van der Waals surface area contributed by atoms with Crippen LogP contribution in [0.3, 0.4) is 0 Å². The number of carbonyl (C=O) groups is 1. The van der Waals surface area contributed by atoms with Gasteiger partial charge in [-0.2, -0.15) is 4.98 Å². The molecule has 0 aliphatic carbocycles. The molecule has 0 radical (unpaired) electrons. The Hall–Kier alpha value is -2.70. The first-order chi connectivity index (χ1) is 14.5. The summed E-state index contributed by atoms with van der Waals surface area (Å²) in [5, 5.41) is 7.66. The van der Waals surface area contributed by atoms with Crippen LogP contribution in [0.2, 0.25) is 5.02 Å². The number of halogens is 1. The molecule has 2 aromatic carbocycles. The van der Waals surface area contributed by atoms with Gasteiger partial charge in [0.15, 0.2) is 5.82 Å². The quantitative estimate of drug-likeness (QED) is 0.633. The minimum atomic E-state index is -0.0215. The van der Waals surface area contributed by atoms with Gasteiger partial charge >= 0.3 is 0 Å². The largest absolute Gasteiger partial charge is 0.334 e. The van der Waals surface area contributed by atoms with Gasteiger partial charge < -0.3 is 9.84 Å². The Morgan fingerprint density at radius 2 is 1.93 bits per heavy atom. The zero-order valence-corrected chi connectivity index (χ0v) is 17.9. The van der Waals surface area contributed by atoms with Gasteiger partial charge in [0.1, 0.15) is 0 Å². The summed E-state index contributed by atoms with van der Waals surface area (Å²) in [6.45, 7) is 6.25. The molecule has 0 spiro atoms. The second kappa shape index (κ2) is 8.98.